The van der Waals surface area contributed by atoms with Crippen LogP contribution in [0.5, 0.6) is 0 Å². The summed E-state index contributed by atoms with van der Waals surface area (Å²) in [7, 11) is 0. The van der Waals surface area contributed by atoms with Gasteiger partial charge in [0, 0.05) is 32.4 Å². The topological polar surface area (TPSA) is 91.8 Å². The number of hydrogen-bond donors (Lipinski definition) is 1. The molecule has 2 rings (SSSR count). The molecule has 8 heteroatoms. The number of carbonyl (C=O) groups excluding carboxylic acids is 3. The van der Waals surface area contributed by atoms with Gasteiger partial charge < -0.3 is 19.9 Å². The van der Waals surface area contributed by atoms with E-state index in [0.29, 0.717) is 38.5 Å². The molecule has 0 aromatic carbocycles. The van der Waals surface area contributed by atoms with Crippen molar-refractivity contribution in [1.82, 2.24) is 20.1 Å². The van der Waals surface area contributed by atoms with Crippen molar-refractivity contribution in [3.63, 3.8) is 0 Å². The first-order valence-corrected chi connectivity index (χ1v) is 7.50. The lowest BCUT2D eigenvalue weighted by molar-refractivity contribution is -0.146. The van der Waals surface area contributed by atoms with E-state index in [1.807, 2.05) is 6.07 Å². The van der Waals surface area contributed by atoms with Gasteiger partial charge in [-0.05, 0) is 19.1 Å². The van der Waals surface area contributed by atoms with Crippen LogP contribution in [0, 0.1) is 0 Å². The van der Waals surface area contributed by atoms with Crippen LogP contribution in [0.1, 0.15) is 12.6 Å². The van der Waals surface area contributed by atoms with Crippen molar-refractivity contribution in [3.05, 3.63) is 30.1 Å². The van der Waals surface area contributed by atoms with Crippen LogP contribution >= 0.6 is 0 Å². The van der Waals surface area contributed by atoms with Crippen LogP contribution in [0.3, 0.4) is 0 Å². The number of carbonyl (C=O) groups is 3. The number of rotatable bonds is 3. The Kier molecular flexibility index (Phi) is 5.90. The van der Waals surface area contributed by atoms with Gasteiger partial charge in [-0.2, -0.15) is 0 Å². The summed E-state index contributed by atoms with van der Waals surface area (Å²) < 4.78 is 4.91. The number of hydrogen-bond acceptors (Lipinski definition) is 5. The molecule has 23 heavy (non-hydrogen) atoms. The first kappa shape index (κ1) is 16.7. The molecule has 8 nitrogen and oxygen atoms in total. The average Bonchev–Trinajstić information content (AvgIpc) is 2.60. The number of pyridine rings is 1. The zero-order valence-electron chi connectivity index (χ0n) is 13.0. The second kappa shape index (κ2) is 8.11. The second-order valence-electron chi connectivity index (χ2n) is 4.98. The number of piperazine rings is 1. The molecule has 1 N–H and O–H groups in total. The van der Waals surface area contributed by atoms with Gasteiger partial charge in [-0.1, -0.05) is 6.07 Å². The molecule has 124 valence electrons. The molecular formula is C15H20N4O4. The zero-order chi connectivity index (χ0) is 16.7. The molecule has 0 saturated carbocycles. The standard InChI is InChI=1S/C15H20N4O4/c1-2-23-15(22)19-9-7-18(8-10-19)14(21)13(20)17-11-12-5-3-4-6-16-12/h3-6H,2,7-11H2,1H3,(H,17,20). The maximum absolute atomic E-state index is 12.1. The molecule has 0 atom stereocenters. The first-order valence-electron chi connectivity index (χ1n) is 7.50. The smallest absolute Gasteiger partial charge is 0.409 e. The quantitative estimate of drug-likeness (QED) is 0.792. The van der Waals surface area contributed by atoms with E-state index in [2.05, 4.69) is 10.3 Å². The Morgan fingerprint density at radius 2 is 1.87 bits per heavy atom. The molecule has 3 amide bonds. The van der Waals surface area contributed by atoms with Crippen LogP contribution in [0.15, 0.2) is 24.4 Å². The minimum Gasteiger partial charge on any atom is -0.450 e. The number of ether oxygens (including phenoxy) is 1. The molecule has 0 bridgehead atoms. The lowest BCUT2D eigenvalue weighted by Crippen LogP contribution is -2.53. The minimum absolute atomic E-state index is 0.203. The van der Waals surface area contributed by atoms with Crippen LogP contribution in [-0.4, -0.2) is 65.5 Å². The molecule has 1 aromatic rings. The maximum atomic E-state index is 12.1. The van der Waals surface area contributed by atoms with E-state index in [9.17, 15) is 14.4 Å². The van der Waals surface area contributed by atoms with Gasteiger partial charge in [-0.25, -0.2) is 4.79 Å². The highest BCUT2D eigenvalue weighted by molar-refractivity contribution is 6.35. The van der Waals surface area contributed by atoms with Crippen molar-refractivity contribution >= 4 is 17.9 Å². The van der Waals surface area contributed by atoms with E-state index in [-0.39, 0.29) is 12.6 Å². The molecule has 1 aliphatic rings. The van der Waals surface area contributed by atoms with Crippen molar-refractivity contribution in [3.8, 4) is 0 Å². The Morgan fingerprint density at radius 1 is 1.17 bits per heavy atom. The highest BCUT2D eigenvalue weighted by atomic mass is 16.6. The SMILES string of the molecule is CCOC(=O)N1CCN(C(=O)C(=O)NCc2ccccn2)CC1. The van der Waals surface area contributed by atoms with E-state index in [1.165, 1.54) is 9.80 Å². The Bertz CT molecular complexity index is 556. The average molecular weight is 320 g/mol. The van der Waals surface area contributed by atoms with E-state index < -0.39 is 11.8 Å². The van der Waals surface area contributed by atoms with Gasteiger partial charge in [-0.15, -0.1) is 0 Å². The molecule has 1 saturated heterocycles. The number of amides is 3. The fourth-order valence-electron chi connectivity index (χ4n) is 2.20. The van der Waals surface area contributed by atoms with Crippen LogP contribution in [0.25, 0.3) is 0 Å². The van der Waals surface area contributed by atoms with Crippen molar-refractivity contribution in [2.24, 2.45) is 0 Å². The predicted molar refractivity (Wildman–Crippen MR) is 81.3 cm³/mol. The third-order valence-corrected chi connectivity index (χ3v) is 3.44. The van der Waals surface area contributed by atoms with Gasteiger partial charge in [0.2, 0.25) is 0 Å². The van der Waals surface area contributed by atoms with Gasteiger partial charge >= 0.3 is 17.9 Å². The van der Waals surface area contributed by atoms with Gasteiger partial charge in [0.1, 0.15) is 0 Å². The number of nitrogens with one attached hydrogen (secondary N) is 1. The highest BCUT2D eigenvalue weighted by Crippen LogP contribution is 2.04. The molecular weight excluding hydrogens is 300 g/mol. The van der Waals surface area contributed by atoms with Gasteiger partial charge in [0.25, 0.3) is 0 Å². The molecule has 0 radical (unpaired) electrons. The third kappa shape index (κ3) is 4.67. The maximum Gasteiger partial charge on any atom is 0.409 e. The summed E-state index contributed by atoms with van der Waals surface area (Å²) in [4.78, 5) is 42.6. The summed E-state index contributed by atoms with van der Waals surface area (Å²) in [5, 5.41) is 2.55. The molecule has 2 heterocycles. The van der Waals surface area contributed by atoms with E-state index in [0.717, 1.165) is 0 Å². The van der Waals surface area contributed by atoms with Gasteiger partial charge in [-0.3, -0.25) is 14.6 Å². The van der Waals surface area contributed by atoms with Crippen molar-refractivity contribution in [2.75, 3.05) is 32.8 Å². The largest absolute Gasteiger partial charge is 0.450 e. The van der Waals surface area contributed by atoms with E-state index >= 15 is 0 Å². The Hall–Kier alpha value is -2.64. The van der Waals surface area contributed by atoms with Gasteiger partial charge in [0.05, 0.1) is 18.8 Å². The number of aromatic nitrogens is 1. The second-order valence-corrected chi connectivity index (χ2v) is 4.98. The van der Waals surface area contributed by atoms with Crippen LogP contribution in [-0.2, 0) is 20.9 Å². The van der Waals surface area contributed by atoms with Crippen molar-refractivity contribution in [2.45, 2.75) is 13.5 Å². The number of nitrogens with zero attached hydrogens (tertiary/aromatic N) is 3. The lowest BCUT2D eigenvalue weighted by Gasteiger charge is -2.33. The fraction of sp³-hybridized carbons (Fsp3) is 0.467. The summed E-state index contributed by atoms with van der Waals surface area (Å²) in [6, 6.07) is 5.35. The van der Waals surface area contributed by atoms with Crippen LogP contribution < -0.4 is 5.32 Å². The summed E-state index contributed by atoms with van der Waals surface area (Å²) >= 11 is 0. The predicted octanol–water partition coefficient (Wildman–Crippen LogP) is -0.00150. The van der Waals surface area contributed by atoms with Crippen LogP contribution in [0.4, 0.5) is 4.79 Å². The normalized spacial score (nSPS) is 14.3. The highest BCUT2D eigenvalue weighted by Gasteiger charge is 2.28. The summed E-state index contributed by atoms with van der Waals surface area (Å²) in [5.74, 6) is -1.26. The van der Waals surface area contributed by atoms with Gasteiger partial charge in [0.15, 0.2) is 0 Å². The Morgan fingerprint density at radius 3 is 2.48 bits per heavy atom. The minimum atomic E-state index is -0.666. The molecule has 0 aliphatic carbocycles. The summed E-state index contributed by atoms with van der Waals surface area (Å²) in [6.07, 6.45) is 1.23. The first-order chi connectivity index (χ1) is 11.1. The lowest BCUT2D eigenvalue weighted by atomic mass is 10.3. The van der Waals surface area contributed by atoms with E-state index in [1.54, 1.807) is 25.3 Å². The zero-order valence-corrected chi connectivity index (χ0v) is 13.0. The third-order valence-electron chi connectivity index (χ3n) is 3.44. The summed E-state index contributed by atoms with van der Waals surface area (Å²) in [6.45, 7) is 3.60. The summed E-state index contributed by atoms with van der Waals surface area (Å²) in [5.41, 5.74) is 0.681. The van der Waals surface area contributed by atoms with Crippen molar-refractivity contribution < 1.29 is 19.1 Å². The van der Waals surface area contributed by atoms with E-state index in [4.69, 9.17) is 4.74 Å². The Labute approximate surface area is 134 Å². The van der Waals surface area contributed by atoms with Crippen molar-refractivity contribution in [1.29, 1.82) is 0 Å². The molecule has 0 spiro atoms. The molecule has 1 fully saturated rings. The molecule has 1 aromatic heterocycles. The molecule has 1 aliphatic heterocycles. The fourth-order valence-corrected chi connectivity index (χ4v) is 2.20. The van der Waals surface area contributed by atoms with Crippen LogP contribution in [0.2, 0.25) is 0 Å². The Balaban J connectivity index is 1.78. The monoisotopic (exact) mass is 320 g/mol. The molecule has 0 unspecified atom stereocenters.